The Hall–Kier alpha value is -3.61. The van der Waals surface area contributed by atoms with Gasteiger partial charge in [0.15, 0.2) is 0 Å². The second kappa shape index (κ2) is 18.4. The first kappa shape index (κ1) is 37.6. The van der Waals surface area contributed by atoms with Crippen LogP contribution in [0.5, 0.6) is 6.01 Å². The number of ether oxygens (including phenoxy) is 1. The third kappa shape index (κ3) is 9.94. The summed E-state index contributed by atoms with van der Waals surface area (Å²) >= 11 is 0. The average molecular weight is 618 g/mol. The minimum atomic E-state index is -0.0205. The summed E-state index contributed by atoms with van der Waals surface area (Å²) in [6, 6.07) is 0.737. The normalized spacial score (nSPS) is 19.8. The Bertz CT molecular complexity index is 1250. The number of carbonyl (C=O) groups is 1. The fourth-order valence-electron chi connectivity index (χ4n) is 6.14. The molecule has 1 aromatic heterocycles. The summed E-state index contributed by atoms with van der Waals surface area (Å²) in [5.74, 6) is 0.923. The molecule has 0 spiro atoms. The Balaban J connectivity index is 0.00000169. The molecule has 1 aliphatic carbocycles. The lowest BCUT2D eigenvalue weighted by atomic mass is 9.85. The summed E-state index contributed by atoms with van der Waals surface area (Å²) in [6.07, 6.45) is 16.4. The molecule has 4 rings (SSSR count). The Morgan fingerprint density at radius 3 is 2.31 bits per heavy atom. The van der Waals surface area contributed by atoms with Crippen molar-refractivity contribution in [2.75, 3.05) is 44.2 Å². The van der Waals surface area contributed by atoms with Crippen molar-refractivity contribution in [3.63, 3.8) is 0 Å². The van der Waals surface area contributed by atoms with Gasteiger partial charge in [-0.3, -0.25) is 4.79 Å². The molecule has 0 N–H and O–H groups in total. The minimum Gasteiger partial charge on any atom is -0.459 e. The van der Waals surface area contributed by atoms with Crippen LogP contribution >= 0.6 is 0 Å². The summed E-state index contributed by atoms with van der Waals surface area (Å²) in [5, 5.41) is 0. The number of piperazine rings is 1. The van der Waals surface area contributed by atoms with E-state index in [0.29, 0.717) is 44.8 Å². The number of carbonyl (C=O) groups excluding carboxylic acids is 1. The molecule has 2 aliphatic heterocycles. The monoisotopic (exact) mass is 617 g/mol. The van der Waals surface area contributed by atoms with Crippen molar-refractivity contribution in [1.82, 2.24) is 19.8 Å². The van der Waals surface area contributed by atoms with Crippen LogP contribution in [0.2, 0.25) is 0 Å². The number of hydrogen-bond donors (Lipinski definition) is 0. The van der Waals surface area contributed by atoms with E-state index in [-0.39, 0.29) is 11.3 Å². The first-order valence-electron chi connectivity index (χ1n) is 16.9. The second-order valence-electron chi connectivity index (χ2n) is 12.1. The van der Waals surface area contributed by atoms with E-state index < -0.39 is 0 Å². The number of fused-ring (bicyclic) bond motifs is 1. The van der Waals surface area contributed by atoms with E-state index >= 15 is 0 Å². The second-order valence-corrected chi connectivity index (χ2v) is 12.1. The summed E-state index contributed by atoms with van der Waals surface area (Å²) in [7, 11) is 0. The molecule has 3 aliphatic rings. The van der Waals surface area contributed by atoms with Gasteiger partial charge in [-0.1, -0.05) is 85.6 Å². The zero-order valence-corrected chi connectivity index (χ0v) is 29.5. The van der Waals surface area contributed by atoms with Gasteiger partial charge in [0.25, 0.3) is 0 Å². The van der Waals surface area contributed by atoms with Gasteiger partial charge in [0.05, 0.1) is 5.69 Å². The third-order valence-electron chi connectivity index (χ3n) is 8.52. The molecule has 45 heavy (non-hydrogen) atoms. The van der Waals surface area contributed by atoms with Crippen LogP contribution in [0, 0.1) is 5.41 Å². The predicted molar refractivity (Wildman–Crippen MR) is 191 cm³/mol. The SMILES string of the molecule is C=C/C=C(\C=C)COc1nc2c(c(N3CCN(C(=O)C=C)CC3)n1)CCC(N1CC(C)(C)CCC(C)=C1/C=C\C)C2.CC.CC. The van der Waals surface area contributed by atoms with Gasteiger partial charge in [0.2, 0.25) is 5.91 Å². The zero-order chi connectivity index (χ0) is 33.6. The molecule has 1 aromatic rings. The van der Waals surface area contributed by atoms with Gasteiger partial charge >= 0.3 is 6.01 Å². The van der Waals surface area contributed by atoms with Gasteiger partial charge in [0.1, 0.15) is 12.4 Å². The number of allylic oxidation sites excluding steroid dienone is 5. The van der Waals surface area contributed by atoms with Crippen LogP contribution in [0.3, 0.4) is 0 Å². The molecule has 7 heteroatoms. The van der Waals surface area contributed by atoms with Gasteiger partial charge in [0, 0.05) is 56.4 Å². The van der Waals surface area contributed by atoms with Crippen LogP contribution in [-0.4, -0.2) is 71.0 Å². The highest BCUT2D eigenvalue weighted by Gasteiger charge is 2.35. The standard InChI is InChI=1S/C34H47N5O2.2C2H6/c1-8-12-26(10-3)23-41-33-35-29-22-27(39-24-34(6,7)17-16-25(5)30(39)13-9-2)14-15-28(29)32(36-33)38-20-18-37(19-21-38)31(40)11-4;2*1-2/h8-13,27H,1,3-4,14-24H2,2,5-7H3;2*1-2H3/b13-9-,26-12+;;. The highest BCUT2D eigenvalue weighted by atomic mass is 16.5. The maximum absolute atomic E-state index is 12.2. The van der Waals surface area contributed by atoms with Crippen molar-refractivity contribution >= 4 is 11.7 Å². The Morgan fingerprint density at radius 1 is 1.02 bits per heavy atom. The molecule has 0 radical (unpaired) electrons. The smallest absolute Gasteiger partial charge is 0.318 e. The van der Waals surface area contributed by atoms with Crippen LogP contribution in [0.1, 0.15) is 85.9 Å². The number of amides is 1. The zero-order valence-electron chi connectivity index (χ0n) is 29.5. The molecular formula is C38H59N5O2. The minimum absolute atomic E-state index is 0.0205. The van der Waals surface area contributed by atoms with Crippen LogP contribution in [-0.2, 0) is 17.6 Å². The topological polar surface area (TPSA) is 61.8 Å². The molecule has 248 valence electrons. The molecule has 3 heterocycles. The van der Waals surface area contributed by atoms with E-state index in [1.807, 2.05) is 38.7 Å². The van der Waals surface area contributed by atoms with Gasteiger partial charge < -0.3 is 19.4 Å². The molecule has 1 amide bonds. The Kier molecular flexibility index (Phi) is 15.3. The molecule has 0 bridgehead atoms. The summed E-state index contributed by atoms with van der Waals surface area (Å²) in [4.78, 5) is 28.9. The number of hydrogen-bond acceptors (Lipinski definition) is 6. The lowest BCUT2D eigenvalue weighted by Crippen LogP contribution is -2.49. The molecular weight excluding hydrogens is 558 g/mol. The van der Waals surface area contributed by atoms with Crippen LogP contribution in [0.15, 0.2) is 73.0 Å². The van der Waals surface area contributed by atoms with Gasteiger partial charge in [-0.15, -0.1) is 0 Å². The summed E-state index contributed by atoms with van der Waals surface area (Å²) in [6.45, 7) is 32.6. The quantitative estimate of drug-likeness (QED) is 0.208. The Labute approximate surface area is 274 Å². The van der Waals surface area contributed by atoms with Crippen LogP contribution in [0.25, 0.3) is 0 Å². The van der Waals surface area contributed by atoms with Crippen molar-refractivity contribution in [1.29, 1.82) is 0 Å². The first-order valence-corrected chi connectivity index (χ1v) is 16.9. The van der Waals surface area contributed by atoms with E-state index in [0.717, 1.165) is 49.3 Å². The van der Waals surface area contributed by atoms with Crippen LogP contribution < -0.4 is 9.64 Å². The fourth-order valence-corrected chi connectivity index (χ4v) is 6.14. The lowest BCUT2D eigenvalue weighted by molar-refractivity contribution is -0.126. The average Bonchev–Trinajstić information content (AvgIpc) is 3.19. The highest BCUT2D eigenvalue weighted by molar-refractivity contribution is 5.87. The van der Waals surface area contributed by atoms with E-state index in [1.54, 1.807) is 12.2 Å². The van der Waals surface area contributed by atoms with E-state index in [1.165, 1.54) is 29.3 Å². The first-order chi connectivity index (χ1) is 21.7. The lowest BCUT2D eigenvalue weighted by Gasteiger charge is -2.42. The molecule has 1 saturated heterocycles. The largest absolute Gasteiger partial charge is 0.459 e. The molecule has 1 unspecified atom stereocenters. The van der Waals surface area contributed by atoms with Gasteiger partial charge in [-0.2, -0.15) is 9.97 Å². The fraction of sp³-hybridized carbons (Fsp3) is 0.553. The van der Waals surface area contributed by atoms with Gasteiger partial charge in [-0.25, -0.2) is 0 Å². The Morgan fingerprint density at radius 2 is 1.71 bits per heavy atom. The number of rotatable bonds is 9. The van der Waals surface area contributed by atoms with E-state index in [4.69, 9.17) is 14.7 Å². The molecule has 0 saturated carbocycles. The van der Waals surface area contributed by atoms with Crippen LogP contribution in [0.4, 0.5) is 5.82 Å². The maximum Gasteiger partial charge on any atom is 0.318 e. The van der Waals surface area contributed by atoms with E-state index in [9.17, 15) is 4.79 Å². The maximum atomic E-state index is 12.2. The molecule has 1 atom stereocenters. The number of anilines is 1. The van der Waals surface area contributed by atoms with Gasteiger partial charge in [-0.05, 0) is 68.2 Å². The van der Waals surface area contributed by atoms with Crippen molar-refractivity contribution in [3.8, 4) is 6.01 Å². The summed E-state index contributed by atoms with van der Waals surface area (Å²) < 4.78 is 6.15. The molecule has 0 aromatic carbocycles. The highest BCUT2D eigenvalue weighted by Crippen LogP contribution is 2.39. The number of aromatic nitrogens is 2. The van der Waals surface area contributed by atoms with Crippen molar-refractivity contribution in [2.24, 2.45) is 5.41 Å². The molecule has 7 nitrogen and oxygen atoms in total. The van der Waals surface area contributed by atoms with Crippen molar-refractivity contribution in [2.45, 2.75) is 93.5 Å². The summed E-state index contributed by atoms with van der Waals surface area (Å²) in [5.41, 5.74) is 6.26. The van der Waals surface area contributed by atoms with Crippen molar-refractivity contribution in [3.05, 3.63) is 84.3 Å². The van der Waals surface area contributed by atoms with E-state index in [2.05, 4.69) is 69.4 Å². The third-order valence-corrected chi connectivity index (χ3v) is 8.52. The van der Waals surface area contributed by atoms with Crippen molar-refractivity contribution < 1.29 is 9.53 Å². The number of nitrogens with zero attached hydrogens (tertiary/aromatic N) is 5. The predicted octanol–water partition coefficient (Wildman–Crippen LogP) is 7.87. The molecule has 1 fully saturated rings.